The van der Waals surface area contributed by atoms with Gasteiger partial charge in [0.1, 0.15) is 22.7 Å². The van der Waals surface area contributed by atoms with E-state index in [9.17, 15) is 18.0 Å². The third-order valence-corrected chi connectivity index (χ3v) is 6.60. The minimum atomic E-state index is -3.58. The molecule has 0 unspecified atom stereocenters. The maximum atomic E-state index is 12.5. The smallest absolute Gasteiger partial charge is 0.408 e. The molecule has 1 N–H and O–H groups in total. The van der Waals surface area contributed by atoms with Gasteiger partial charge in [0.15, 0.2) is 9.84 Å². The molecule has 3 atom stereocenters. The molecule has 0 bridgehead atoms. The second-order valence-electron chi connectivity index (χ2n) is 7.08. The lowest BCUT2D eigenvalue weighted by atomic mass is 10.1. The van der Waals surface area contributed by atoms with Crippen molar-refractivity contribution in [2.75, 3.05) is 5.75 Å². The van der Waals surface area contributed by atoms with Crippen LogP contribution in [0.5, 0.6) is 0 Å². The van der Waals surface area contributed by atoms with E-state index in [4.69, 9.17) is 16.3 Å². The van der Waals surface area contributed by atoms with E-state index in [1.54, 1.807) is 45.0 Å². The Balaban J connectivity index is 2.40. The van der Waals surface area contributed by atoms with Crippen LogP contribution in [0.25, 0.3) is 0 Å². The molecule has 2 rings (SSSR count). The number of ether oxygens (including phenoxy) is 1. The van der Waals surface area contributed by atoms with Crippen LogP contribution in [0.15, 0.2) is 24.3 Å². The van der Waals surface area contributed by atoms with Crippen LogP contribution in [0.2, 0.25) is 5.02 Å². The number of carbonyl (C=O) groups excluding carboxylic acids is 2. The van der Waals surface area contributed by atoms with Gasteiger partial charge < -0.3 is 14.8 Å². The second kappa shape index (κ2) is 6.61. The van der Waals surface area contributed by atoms with Crippen LogP contribution in [-0.4, -0.2) is 42.9 Å². The highest BCUT2D eigenvalue weighted by Crippen LogP contribution is 2.55. The first kappa shape index (κ1) is 19.7. The number of benzene rings is 1. The van der Waals surface area contributed by atoms with Crippen LogP contribution in [0.1, 0.15) is 39.2 Å². The fourth-order valence-electron chi connectivity index (χ4n) is 2.98. The zero-order chi connectivity index (χ0) is 19.0. The van der Waals surface area contributed by atoms with Crippen molar-refractivity contribution < 1.29 is 22.7 Å². The molecule has 6 nitrogen and oxygen atoms in total. The van der Waals surface area contributed by atoms with Gasteiger partial charge in [0.25, 0.3) is 0 Å². The van der Waals surface area contributed by atoms with Crippen LogP contribution in [-0.2, 0) is 19.4 Å². The standard InChI is InChI=1S/C17H22ClNO5S/c1-5-25(22,23)14-13(11-6-8-12(18)9-7-11)17(14,10-20)19-15(21)24-16(2,3)4/h6-10,13-14H,5H2,1-4H3,(H,19,21)/t13-,14-,17+/m0/s1. The Morgan fingerprint density at radius 1 is 1.32 bits per heavy atom. The zero-order valence-corrected chi connectivity index (χ0v) is 16.1. The minimum absolute atomic E-state index is 0.132. The average molecular weight is 388 g/mol. The predicted octanol–water partition coefficient (Wildman–Crippen LogP) is 2.70. The van der Waals surface area contributed by atoms with Crippen molar-refractivity contribution >= 4 is 33.8 Å². The van der Waals surface area contributed by atoms with Crippen molar-refractivity contribution in [2.24, 2.45) is 0 Å². The summed E-state index contributed by atoms with van der Waals surface area (Å²) in [6.07, 6.45) is -0.332. The number of rotatable bonds is 5. The molecule has 1 aromatic rings. The summed E-state index contributed by atoms with van der Waals surface area (Å²) in [5, 5.41) is 1.95. The van der Waals surface area contributed by atoms with E-state index in [1.165, 1.54) is 6.92 Å². The monoisotopic (exact) mass is 387 g/mol. The van der Waals surface area contributed by atoms with E-state index in [0.29, 0.717) is 16.9 Å². The summed E-state index contributed by atoms with van der Waals surface area (Å²) < 4.78 is 30.1. The molecule has 138 valence electrons. The average Bonchev–Trinajstić information content (AvgIpc) is 3.15. The Kier molecular flexibility index (Phi) is 5.21. The summed E-state index contributed by atoms with van der Waals surface area (Å²) in [5.74, 6) is -0.812. The zero-order valence-electron chi connectivity index (χ0n) is 14.6. The molecule has 1 fully saturated rings. The summed E-state index contributed by atoms with van der Waals surface area (Å²) in [7, 11) is -3.58. The first-order chi connectivity index (χ1) is 11.5. The second-order valence-corrected chi connectivity index (χ2v) is 9.93. The molecule has 0 heterocycles. The summed E-state index contributed by atoms with van der Waals surface area (Å²) in [4.78, 5) is 24.0. The molecule has 0 radical (unpaired) electrons. The molecule has 1 aromatic carbocycles. The van der Waals surface area contributed by atoms with Gasteiger partial charge in [-0.05, 0) is 38.5 Å². The van der Waals surface area contributed by atoms with E-state index in [-0.39, 0.29) is 5.75 Å². The number of alkyl carbamates (subject to hydrolysis) is 1. The number of carbonyl (C=O) groups is 2. The normalized spacial score (nSPS) is 26.0. The molecule has 0 aliphatic heterocycles. The molecular formula is C17H22ClNO5S. The Bertz CT molecular complexity index is 769. The van der Waals surface area contributed by atoms with E-state index in [1.807, 2.05) is 0 Å². The number of hydrogen-bond donors (Lipinski definition) is 1. The largest absolute Gasteiger partial charge is 0.444 e. The molecule has 1 aliphatic rings. The number of nitrogens with one attached hydrogen (secondary N) is 1. The van der Waals surface area contributed by atoms with Crippen LogP contribution in [0.4, 0.5) is 4.79 Å². The van der Waals surface area contributed by atoms with Gasteiger partial charge in [-0.15, -0.1) is 0 Å². The van der Waals surface area contributed by atoms with Crippen LogP contribution in [0, 0.1) is 0 Å². The van der Waals surface area contributed by atoms with Gasteiger partial charge in [0, 0.05) is 16.7 Å². The fourth-order valence-corrected chi connectivity index (χ4v) is 5.04. The first-order valence-corrected chi connectivity index (χ1v) is 10.0. The van der Waals surface area contributed by atoms with Crippen LogP contribution >= 0.6 is 11.6 Å². The van der Waals surface area contributed by atoms with Gasteiger partial charge in [-0.1, -0.05) is 30.7 Å². The molecule has 1 saturated carbocycles. The third kappa shape index (κ3) is 3.98. The Hall–Kier alpha value is -1.60. The van der Waals surface area contributed by atoms with E-state index >= 15 is 0 Å². The number of hydrogen-bond acceptors (Lipinski definition) is 5. The van der Waals surface area contributed by atoms with Crippen molar-refractivity contribution in [1.29, 1.82) is 0 Å². The highest BCUT2D eigenvalue weighted by atomic mass is 35.5. The van der Waals surface area contributed by atoms with Gasteiger partial charge in [-0.3, -0.25) is 0 Å². The predicted molar refractivity (Wildman–Crippen MR) is 95.6 cm³/mol. The van der Waals surface area contributed by atoms with Crippen molar-refractivity contribution in [1.82, 2.24) is 5.32 Å². The molecule has 1 amide bonds. The minimum Gasteiger partial charge on any atom is -0.444 e. The molecular weight excluding hydrogens is 366 g/mol. The number of sulfone groups is 1. The highest BCUT2D eigenvalue weighted by molar-refractivity contribution is 7.92. The number of aldehydes is 1. The molecule has 8 heteroatoms. The van der Waals surface area contributed by atoms with Gasteiger partial charge in [-0.2, -0.15) is 0 Å². The maximum absolute atomic E-state index is 12.5. The molecule has 25 heavy (non-hydrogen) atoms. The van der Waals surface area contributed by atoms with Gasteiger partial charge in [-0.25, -0.2) is 13.2 Å². The third-order valence-electron chi connectivity index (χ3n) is 4.11. The molecule has 0 aromatic heterocycles. The van der Waals surface area contributed by atoms with E-state index in [0.717, 1.165) is 0 Å². The van der Waals surface area contributed by atoms with Crippen LogP contribution < -0.4 is 5.32 Å². The Morgan fingerprint density at radius 2 is 1.88 bits per heavy atom. The summed E-state index contributed by atoms with van der Waals surface area (Å²) >= 11 is 5.87. The molecule has 0 spiro atoms. The summed E-state index contributed by atoms with van der Waals surface area (Å²) in [6, 6.07) is 6.56. The van der Waals surface area contributed by atoms with E-state index < -0.39 is 38.2 Å². The first-order valence-electron chi connectivity index (χ1n) is 7.91. The van der Waals surface area contributed by atoms with Gasteiger partial charge >= 0.3 is 6.09 Å². The van der Waals surface area contributed by atoms with E-state index in [2.05, 4.69) is 5.32 Å². The van der Waals surface area contributed by atoms with Crippen LogP contribution in [0.3, 0.4) is 0 Å². The highest BCUT2D eigenvalue weighted by Gasteiger charge is 2.72. The maximum Gasteiger partial charge on any atom is 0.408 e. The Labute approximate surface area is 152 Å². The number of amides is 1. The lowest BCUT2D eigenvalue weighted by molar-refractivity contribution is -0.110. The number of halogens is 1. The SMILES string of the molecule is CCS(=O)(=O)[C@H]1[C@H](c2ccc(Cl)cc2)[C@@]1(C=O)NC(=O)OC(C)(C)C. The van der Waals surface area contributed by atoms with Gasteiger partial charge in [0.05, 0.1) is 0 Å². The summed E-state index contributed by atoms with van der Waals surface area (Å²) in [5.41, 5.74) is -1.68. The topological polar surface area (TPSA) is 89.5 Å². The Morgan fingerprint density at radius 3 is 2.32 bits per heavy atom. The molecule has 0 saturated heterocycles. The molecule has 1 aliphatic carbocycles. The van der Waals surface area contributed by atoms with Gasteiger partial charge in [0.2, 0.25) is 0 Å². The lowest BCUT2D eigenvalue weighted by Gasteiger charge is -2.22. The van der Waals surface area contributed by atoms with Crippen molar-refractivity contribution in [3.63, 3.8) is 0 Å². The van der Waals surface area contributed by atoms with Crippen molar-refractivity contribution in [2.45, 2.75) is 50.0 Å². The fraction of sp³-hybridized carbons (Fsp3) is 0.529. The lowest BCUT2D eigenvalue weighted by Crippen LogP contribution is -2.45. The van der Waals surface area contributed by atoms with Crippen molar-refractivity contribution in [3.05, 3.63) is 34.9 Å². The quantitative estimate of drug-likeness (QED) is 0.784. The summed E-state index contributed by atoms with van der Waals surface area (Å²) in [6.45, 7) is 6.56. The van der Waals surface area contributed by atoms with Crippen molar-refractivity contribution in [3.8, 4) is 0 Å².